The average molecular weight is 527 g/mol. The van der Waals surface area contributed by atoms with Gasteiger partial charge in [0, 0.05) is 5.41 Å². The summed E-state index contributed by atoms with van der Waals surface area (Å²) in [5, 5.41) is 0. The first-order chi connectivity index (χ1) is 17.4. The molecule has 0 saturated heterocycles. The van der Waals surface area contributed by atoms with Crippen LogP contribution >= 0.6 is 8.60 Å². The lowest BCUT2D eigenvalue weighted by Crippen LogP contribution is -2.53. The Hall–Kier alpha value is -1.25. The van der Waals surface area contributed by atoms with Crippen LogP contribution in [0, 0.1) is 5.41 Å². The van der Waals surface area contributed by atoms with E-state index in [4.69, 9.17) is 4.52 Å². The normalized spacial score (nSPS) is 15.9. The molecule has 1 saturated carbocycles. The zero-order chi connectivity index (χ0) is 27.5. The minimum atomic E-state index is -2.59. The second-order valence-corrected chi connectivity index (χ2v) is 13.3. The van der Waals surface area contributed by atoms with Crippen LogP contribution in [-0.4, -0.2) is 9.79 Å². The standard InChI is InChI=1S/C33H51O3P/c1-10-11-17-32(18-12-19-32)33(36-37(34)35,30-15-13-26(22(2)3)20-28(30)24(6)7)31-16-14-27(23(4)5)21-29(31)25(8)9/h13-16,20-25,34-35H,10-12,17-19H2,1-9H3. The van der Waals surface area contributed by atoms with Gasteiger partial charge in [-0.25, -0.2) is 0 Å². The van der Waals surface area contributed by atoms with Gasteiger partial charge >= 0.3 is 8.60 Å². The van der Waals surface area contributed by atoms with Crippen molar-refractivity contribution < 1.29 is 14.3 Å². The molecule has 0 aromatic heterocycles. The molecule has 1 aliphatic carbocycles. The molecule has 0 radical (unpaired) electrons. The second-order valence-electron chi connectivity index (χ2n) is 12.6. The molecule has 3 nitrogen and oxygen atoms in total. The van der Waals surface area contributed by atoms with Crippen molar-refractivity contribution in [1.82, 2.24) is 0 Å². The van der Waals surface area contributed by atoms with E-state index in [2.05, 4.69) is 98.7 Å². The van der Waals surface area contributed by atoms with E-state index in [1.54, 1.807) is 0 Å². The SMILES string of the molecule is CCCCC1(C(OP(O)O)(c2ccc(C(C)C)cc2C(C)C)c2ccc(C(C)C)cc2C(C)C)CCC1. The molecule has 3 rings (SSSR count). The summed E-state index contributed by atoms with van der Waals surface area (Å²) in [5.74, 6) is 1.40. The Morgan fingerprint density at radius 2 is 1.24 bits per heavy atom. The van der Waals surface area contributed by atoms with Crippen molar-refractivity contribution in [1.29, 1.82) is 0 Å². The van der Waals surface area contributed by atoms with Crippen molar-refractivity contribution in [3.8, 4) is 0 Å². The molecule has 1 fully saturated rings. The zero-order valence-electron chi connectivity index (χ0n) is 24.8. The number of hydrogen-bond donors (Lipinski definition) is 2. The van der Waals surface area contributed by atoms with E-state index >= 15 is 0 Å². The Morgan fingerprint density at radius 1 is 0.784 bits per heavy atom. The molecule has 0 spiro atoms. The first-order valence-corrected chi connectivity index (χ1v) is 15.7. The molecule has 0 amide bonds. The van der Waals surface area contributed by atoms with Crippen molar-refractivity contribution in [3.05, 3.63) is 69.8 Å². The highest BCUT2D eigenvalue weighted by Crippen LogP contribution is 2.66. The summed E-state index contributed by atoms with van der Waals surface area (Å²) in [5.41, 5.74) is 6.29. The molecule has 206 valence electrons. The molecular formula is C33H51O3P. The quantitative estimate of drug-likeness (QED) is 0.271. The van der Waals surface area contributed by atoms with Gasteiger partial charge in [0.2, 0.25) is 0 Å². The first kappa shape index (κ1) is 30.3. The highest BCUT2D eigenvalue weighted by Gasteiger charge is 2.60. The Labute approximate surface area is 228 Å². The van der Waals surface area contributed by atoms with Gasteiger partial charge in [-0.3, -0.25) is 4.52 Å². The predicted molar refractivity (Wildman–Crippen MR) is 158 cm³/mol. The molecule has 0 aliphatic heterocycles. The van der Waals surface area contributed by atoms with Gasteiger partial charge in [-0.05, 0) is 76.3 Å². The van der Waals surface area contributed by atoms with Crippen LogP contribution < -0.4 is 0 Å². The van der Waals surface area contributed by atoms with E-state index in [-0.39, 0.29) is 17.3 Å². The summed E-state index contributed by atoms with van der Waals surface area (Å²) in [6.07, 6.45) is 6.43. The molecule has 0 heterocycles. The van der Waals surface area contributed by atoms with E-state index in [9.17, 15) is 9.79 Å². The van der Waals surface area contributed by atoms with Gasteiger partial charge in [-0.1, -0.05) is 118 Å². The van der Waals surface area contributed by atoms with Gasteiger partial charge in [-0.2, -0.15) is 0 Å². The average Bonchev–Trinajstić information content (AvgIpc) is 2.81. The largest absolute Gasteiger partial charge is 0.328 e. The zero-order valence-corrected chi connectivity index (χ0v) is 25.7. The Bertz CT molecular complexity index is 970. The summed E-state index contributed by atoms with van der Waals surface area (Å²) in [4.78, 5) is 21.3. The van der Waals surface area contributed by atoms with Crippen molar-refractivity contribution >= 4 is 8.60 Å². The third-order valence-electron chi connectivity index (χ3n) is 8.77. The lowest BCUT2D eigenvalue weighted by molar-refractivity contribution is -0.0989. The Morgan fingerprint density at radius 3 is 1.54 bits per heavy atom. The van der Waals surface area contributed by atoms with E-state index in [0.717, 1.165) is 49.7 Å². The molecule has 37 heavy (non-hydrogen) atoms. The fraction of sp³-hybridized carbons (Fsp3) is 0.636. The van der Waals surface area contributed by atoms with E-state index in [1.807, 2.05) is 0 Å². The number of benzene rings is 2. The molecule has 0 bridgehead atoms. The third-order valence-corrected chi connectivity index (χ3v) is 9.21. The molecule has 0 atom stereocenters. The first-order valence-electron chi connectivity index (χ1n) is 14.6. The van der Waals surface area contributed by atoms with E-state index in [1.165, 1.54) is 22.3 Å². The van der Waals surface area contributed by atoms with Crippen LogP contribution in [0.1, 0.15) is 158 Å². The van der Waals surface area contributed by atoms with Crippen LogP contribution in [0.4, 0.5) is 0 Å². The highest BCUT2D eigenvalue weighted by molar-refractivity contribution is 7.39. The van der Waals surface area contributed by atoms with Gasteiger partial charge in [0.1, 0.15) is 5.60 Å². The van der Waals surface area contributed by atoms with Crippen LogP contribution in [0.3, 0.4) is 0 Å². The predicted octanol–water partition coefficient (Wildman–Crippen LogP) is 10.0. The van der Waals surface area contributed by atoms with Crippen molar-refractivity contribution in [2.45, 2.75) is 130 Å². The fourth-order valence-corrected chi connectivity index (χ4v) is 7.04. The third kappa shape index (κ3) is 5.86. The topological polar surface area (TPSA) is 49.7 Å². The summed E-state index contributed by atoms with van der Waals surface area (Å²) in [7, 11) is -2.59. The Balaban J connectivity index is 2.50. The van der Waals surface area contributed by atoms with E-state index < -0.39 is 14.2 Å². The number of rotatable bonds is 12. The monoisotopic (exact) mass is 526 g/mol. The molecule has 2 aromatic carbocycles. The van der Waals surface area contributed by atoms with Crippen molar-refractivity contribution in [2.24, 2.45) is 5.41 Å². The maximum Gasteiger partial charge on any atom is 0.328 e. The number of unbranched alkanes of at least 4 members (excludes halogenated alkanes) is 1. The van der Waals surface area contributed by atoms with Gasteiger partial charge in [0.15, 0.2) is 0 Å². The highest BCUT2D eigenvalue weighted by atomic mass is 31.2. The van der Waals surface area contributed by atoms with Crippen LogP contribution in [0.2, 0.25) is 0 Å². The molecule has 0 unspecified atom stereocenters. The van der Waals surface area contributed by atoms with Crippen molar-refractivity contribution in [2.75, 3.05) is 0 Å². The maximum atomic E-state index is 10.7. The van der Waals surface area contributed by atoms with E-state index in [0.29, 0.717) is 11.8 Å². The van der Waals surface area contributed by atoms with Crippen molar-refractivity contribution in [3.63, 3.8) is 0 Å². The second kappa shape index (κ2) is 12.3. The van der Waals surface area contributed by atoms with Gasteiger partial charge in [0.25, 0.3) is 0 Å². The molecular weight excluding hydrogens is 475 g/mol. The summed E-state index contributed by atoms with van der Waals surface area (Å²) < 4.78 is 6.67. The molecule has 1 aliphatic rings. The van der Waals surface area contributed by atoms with Crippen LogP contribution in [0.15, 0.2) is 36.4 Å². The van der Waals surface area contributed by atoms with Crippen LogP contribution in [0.25, 0.3) is 0 Å². The van der Waals surface area contributed by atoms with Crippen LogP contribution in [-0.2, 0) is 10.1 Å². The lowest BCUT2D eigenvalue weighted by Gasteiger charge is -2.57. The van der Waals surface area contributed by atoms with Gasteiger partial charge in [-0.15, -0.1) is 0 Å². The summed E-state index contributed by atoms with van der Waals surface area (Å²) >= 11 is 0. The fourth-order valence-electron chi connectivity index (χ4n) is 6.41. The minimum absolute atomic E-state index is 0.180. The molecule has 4 heteroatoms. The van der Waals surface area contributed by atoms with Gasteiger partial charge < -0.3 is 9.79 Å². The smallest absolute Gasteiger partial charge is 0.328 e. The minimum Gasteiger partial charge on any atom is -0.328 e. The summed E-state index contributed by atoms with van der Waals surface area (Å²) in [6, 6.07) is 13.7. The molecule has 2 N–H and O–H groups in total. The van der Waals surface area contributed by atoms with Gasteiger partial charge in [0.05, 0.1) is 0 Å². The maximum absolute atomic E-state index is 10.7. The lowest BCUT2D eigenvalue weighted by atomic mass is 9.51. The Kier molecular flexibility index (Phi) is 10.1. The molecule has 2 aromatic rings. The summed E-state index contributed by atoms with van der Waals surface area (Å²) in [6.45, 7) is 20.2. The van der Waals surface area contributed by atoms with Crippen LogP contribution in [0.5, 0.6) is 0 Å². The number of hydrogen-bond acceptors (Lipinski definition) is 3.